The van der Waals surface area contributed by atoms with Gasteiger partial charge in [0.15, 0.2) is 0 Å². The van der Waals surface area contributed by atoms with Gasteiger partial charge < -0.3 is 4.42 Å². The third-order valence-corrected chi connectivity index (χ3v) is 11.1. The number of benzene rings is 10. The molecule has 0 saturated heterocycles. The van der Waals surface area contributed by atoms with E-state index in [0.717, 1.165) is 33.1 Å². The Bertz CT molecular complexity index is 3160. The fourth-order valence-electron chi connectivity index (χ4n) is 8.73. The van der Waals surface area contributed by atoms with Gasteiger partial charge in [-0.15, -0.1) is 0 Å². The molecule has 0 saturated carbocycles. The molecule has 1 heterocycles. The van der Waals surface area contributed by atoms with Crippen LogP contribution in [0.1, 0.15) is 0 Å². The number of fused-ring (bicyclic) bond motifs is 8. The SMILES string of the molecule is c1ccc(-c2cc3ccccc3c3ccccc23)c(-c2c3ccccc3c(-c3ccc(-c4cccc5c4oc4ccccc45)cc3)c3ccccc23)c1. The van der Waals surface area contributed by atoms with Crippen LogP contribution in [0.3, 0.4) is 0 Å². The second-order valence-electron chi connectivity index (χ2n) is 13.9. The minimum Gasteiger partial charge on any atom is -0.455 e. The maximum absolute atomic E-state index is 6.41. The van der Waals surface area contributed by atoms with Gasteiger partial charge in [-0.1, -0.05) is 182 Å². The smallest absolute Gasteiger partial charge is 0.143 e. The predicted molar refractivity (Wildman–Crippen MR) is 225 cm³/mol. The zero-order valence-corrected chi connectivity index (χ0v) is 28.9. The first-order valence-electron chi connectivity index (χ1n) is 18.3. The first kappa shape index (κ1) is 29.7. The van der Waals surface area contributed by atoms with Crippen LogP contribution in [0.5, 0.6) is 0 Å². The van der Waals surface area contributed by atoms with Crippen LogP contribution in [0.25, 0.3) is 110 Å². The van der Waals surface area contributed by atoms with Gasteiger partial charge in [0.1, 0.15) is 11.2 Å². The molecule has 0 aliphatic rings. The Kier molecular flexibility index (Phi) is 6.62. The molecule has 0 atom stereocenters. The van der Waals surface area contributed by atoms with E-state index in [2.05, 4.69) is 182 Å². The predicted octanol–water partition coefficient (Wildman–Crippen LogP) is 14.9. The molecule has 0 N–H and O–H groups in total. The minimum atomic E-state index is 0.917. The van der Waals surface area contributed by atoms with Crippen molar-refractivity contribution in [2.75, 3.05) is 0 Å². The second-order valence-corrected chi connectivity index (χ2v) is 13.9. The number of para-hydroxylation sites is 2. The van der Waals surface area contributed by atoms with Crippen LogP contribution in [0.15, 0.2) is 199 Å². The molecule has 11 rings (SSSR count). The maximum atomic E-state index is 6.41. The highest BCUT2D eigenvalue weighted by Crippen LogP contribution is 2.48. The van der Waals surface area contributed by atoms with E-state index in [-0.39, 0.29) is 0 Å². The number of rotatable bonds is 4. The molecule has 0 radical (unpaired) electrons. The van der Waals surface area contributed by atoms with Gasteiger partial charge in [-0.25, -0.2) is 0 Å². The van der Waals surface area contributed by atoms with E-state index in [1.165, 1.54) is 76.5 Å². The summed E-state index contributed by atoms with van der Waals surface area (Å²) in [5, 5.41) is 12.3. The molecule has 53 heavy (non-hydrogen) atoms. The zero-order chi connectivity index (χ0) is 34.9. The summed E-state index contributed by atoms with van der Waals surface area (Å²) >= 11 is 0. The Morgan fingerprint density at radius 1 is 0.264 bits per heavy atom. The average molecular weight is 673 g/mol. The van der Waals surface area contributed by atoms with Crippen molar-refractivity contribution < 1.29 is 4.42 Å². The van der Waals surface area contributed by atoms with Crippen molar-refractivity contribution in [3.05, 3.63) is 194 Å². The Morgan fingerprint density at radius 2 is 0.755 bits per heavy atom. The molecule has 246 valence electrons. The lowest BCUT2D eigenvalue weighted by Crippen LogP contribution is -1.93. The topological polar surface area (TPSA) is 13.1 Å². The van der Waals surface area contributed by atoms with E-state index < -0.39 is 0 Å². The van der Waals surface area contributed by atoms with Crippen LogP contribution < -0.4 is 0 Å². The molecule has 1 aromatic heterocycles. The third-order valence-electron chi connectivity index (χ3n) is 11.1. The highest BCUT2D eigenvalue weighted by molar-refractivity contribution is 6.23. The molecular weight excluding hydrogens is 641 g/mol. The van der Waals surface area contributed by atoms with Crippen LogP contribution in [-0.4, -0.2) is 0 Å². The molecule has 11 aromatic rings. The number of hydrogen-bond acceptors (Lipinski definition) is 1. The van der Waals surface area contributed by atoms with E-state index in [0.29, 0.717) is 0 Å². The molecule has 1 heteroatoms. The summed E-state index contributed by atoms with van der Waals surface area (Å²) in [6.07, 6.45) is 0. The van der Waals surface area contributed by atoms with E-state index in [1.807, 2.05) is 12.1 Å². The molecule has 1 nitrogen and oxygen atoms in total. The third kappa shape index (κ3) is 4.58. The largest absolute Gasteiger partial charge is 0.455 e. The number of hydrogen-bond donors (Lipinski definition) is 0. The van der Waals surface area contributed by atoms with Gasteiger partial charge in [0.05, 0.1) is 0 Å². The highest BCUT2D eigenvalue weighted by atomic mass is 16.3. The lowest BCUT2D eigenvalue weighted by Gasteiger charge is -2.20. The van der Waals surface area contributed by atoms with Gasteiger partial charge in [-0.3, -0.25) is 0 Å². The summed E-state index contributed by atoms with van der Waals surface area (Å²) in [5.74, 6) is 0. The Balaban J connectivity index is 1.13. The van der Waals surface area contributed by atoms with E-state index in [1.54, 1.807) is 0 Å². The molecule has 0 aliphatic heterocycles. The van der Waals surface area contributed by atoms with Crippen molar-refractivity contribution in [1.82, 2.24) is 0 Å². The molecule has 0 bridgehead atoms. The summed E-state index contributed by atoms with van der Waals surface area (Å²) in [6.45, 7) is 0. The first-order chi connectivity index (χ1) is 26.3. The van der Waals surface area contributed by atoms with Gasteiger partial charge in [-0.05, 0) is 94.2 Å². The molecule has 0 fully saturated rings. The van der Waals surface area contributed by atoms with Crippen molar-refractivity contribution in [2.24, 2.45) is 0 Å². The lowest BCUT2D eigenvalue weighted by atomic mass is 9.82. The fourth-order valence-corrected chi connectivity index (χ4v) is 8.73. The van der Waals surface area contributed by atoms with Crippen LogP contribution in [0.2, 0.25) is 0 Å². The van der Waals surface area contributed by atoms with Gasteiger partial charge in [0.25, 0.3) is 0 Å². The molecule has 10 aromatic carbocycles. The summed E-state index contributed by atoms with van der Waals surface area (Å²) < 4.78 is 6.41. The van der Waals surface area contributed by atoms with Crippen molar-refractivity contribution in [3.63, 3.8) is 0 Å². The van der Waals surface area contributed by atoms with Gasteiger partial charge in [0, 0.05) is 16.3 Å². The van der Waals surface area contributed by atoms with Crippen molar-refractivity contribution in [1.29, 1.82) is 0 Å². The minimum absolute atomic E-state index is 0.917. The fraction of sp³-hybridized carbons (Fsp3) is 0. The first-order valence-corrected chi connectivity index (χ1v) is 18.3. The molecule has 0 spiro atoms. The van der Waals surface area contributed by atoms with Crippen molar-refractivity contribution >= 4 is 65.0 Å². The highest BCUT2D eigenvalue weighted by Gasteiger charge is 2.20. The standard InChI is InChI=1S/C52H32O/c1-2-15-36-35(14-1)32-48(39-17-4-3-16-38(36)39)40-18-5-6-20-42(40)51-45-23-9-7-21-43(45)50(44-22-8-10-24-46(44)51)34-30-28-33(29-31-34)37-25-13-26-47-41-19-11-12-27-49(41)53-52(37)47/h1-32H. The van der Waals surface area contributed by atoms with Crippen molar-refractivity contribution in [3.8, 4) is 44.5 Å². The van der Waals surface area contributed by atoms with E-state index in [4.69, 9.17) is 4.42 Å². The van der Waals surface area contributed by atoms with Crippen LogP contribution in [0.4, 0.5) is 0 Å². The van der Waals surface area contributed by atoms with E-state index >= 15 is 0 Å². The van der Waals surface area contributed by atoms with Gasteiger partial charge in [0.2, 0.25) is 0 Å². The normalized spacial score (nSPS) is 11.8. The summed E-state index contributed by atoms with van der Waals surface area (Å²) in [5.41, 5.74) is 11.5. The Morgan fingerprint density at radius 3 is 1.47 bits per heavy atom. The molecular formula is C52H32O. The van der Waals surface area contributed by atoms with Crippen LogP contribution >= 0.6 is 0 Å². The monoisotopic (exact) mass is 672 g/mol. The summed E-state index contributed by atoms with van der Waals surface area (Å²) in [4.78, 5) is 0. The summed E-state index contributed by atoms with van der Waals surface area (Å²) in [7, 11) is 0. The van der Waals surface area contributed by atoms with Gasteiger partial charge in [-0.2, -0.15) is 0 Å². The zero-order valence-electron chi connectivity index (χ0n) is 28.9. The van der Waals surface area contributed by atoms with Gasteiger partial charge >= 0.3 is 0 Å². The quantitative estimate of drug-likeness (QED) is 0.134. The van der Waals surface area contributed by atoms with E-state index in [9.17, 15) is 0 Å². The lowest BCUT2D eigenvalue weighted by molar-refractivity contribution is 0.670. The summed E-state index contributed by atoms with van der Waals surface area (Å²) in [6, 6.07) is 70.6. The number of furan rings is 1. The molecule has 0 aliphatic carbocycles. The van der Waals surface area contributed by atoms with Crippen LogP contribution in [-0.2, 0) is 0 Å². The van der Waals surface area contributed by atoms with Crippen molar-refractivity contribution in [2.45, 2.75) is 0 Å². The maximum Gasteiger partial charge on any atom is 0.143 e. The Hall–Kier alpha value is -6.96. The van der Waals surface area contributed by atoms with Crippen LogP contribution in [0, 0.1) is 0 Å². The molecule has 0 unspecified atom stereocenters. The molecule has 0 amide bonds. The average Bonchev–Trinajstić information content (AvgIpc) is 3.62. The second kappa shape index (κ2) is 11.8. The Labute approximate surface area is 307 Å².